The van der Waals surface area contributed by atoms with E-state index >= 15 is 0 Å². The van der Waals surface area contributed by atoms with Crippen LogP contribution in [0.25, 0.3) is 0 Å². The number of nitrogens with two attached hydrogens (primary N) is 2. The van der Waals surface area contributed by atoms with Crippen LogP contribution >= 0.6 is 11.6 Å². The van der Waals surface area contributed by atoms with Crippen LogP contribution in [-0.2, 0) is 24.7 Å². The number of benzene rings is 2. The monoisotopic (exact) mass is 495 g/mol. The zero-order valence-corrected chi connectivity index (χ0v) is 19.4. The van der Waals surface area contributed by atoms with Crippen molar-refractivity contribution in [3.63, 3.8) is 0 Å². The van der Waals surface area contributed by atoms with Crippen molar-refractivity contribution in [2.24, 2.45) is 23.3 Å². The quantitative estimate of drug-likeness (QED) is 0.450. The van der Waals surface area contributed by atoms with Gasteiger partial charge in [0.05, 0.1) is 23.2 Å². The zero-order chi connectivity index (χ0) is 25.2. The van der Waals surface area contributed by atoms with Crippen LogP contribution in [0.4, 0.5) is 11.4 Å². The minimum atomic E-state index is -1.52. The van der Waals surface area contributed by atoms with Gasteiger partial charge < -0.3 is 16.8 Å². The van der Waals surface area contributed by atoms with E-state index in [-0.39, 0.29) is 24.1 Å². The predicted octanol–water partition coefficient (Wildman–Crippen LogP) is 0.938. The number of carbonyl (C=O) groups is 5. The van der Waals surface area contributed by atoms with Crippen molar-refractivity contribution in [1.29, 1.82) is 0 Å². The molecular weight excluding hydrogens is 474 g/mol. The summed E-state index contributed by atoms with van der Waals surface area (Å²) in [5.74, 6) is -4.71. The van der Waals surface area contributed by atoms with Crippen LogP contribution in [0.3, 0.4) is 0 Å². The minimum Gasteiger partial charge on any atom is -0.370 e. The third-order valence-corrected chi connectivity index (χ3v) is 7.61. The van der Waals surface area contributed by atoms with E-state index in [4.69, 9.17) is 23.1 Å². The summed E-state index contributed by atoms with van der Waals surface area (Å²) in [6.45, 7) is 1.76. The van der Waals surface area contributed by atoms with E-state index in [2.05, 4.69) is 10.6 Å². The molecule has 0 radical (unpaired) electrons. The number of rotatable bonds is 5. The molecule has 0 bridgehead atoms. The fourth-order valence-corrected chi connectivity index (χ4v) is 5.72. The first-order chi connectivity index (χ1) is 16.6. The van der Waals surface area contributed by atoms with E-state index in [0.29, 0.717) is 21.8 Å². The fraction of sp³-hybridized carbons (Fsp3) is 0.292. The molecule has 10 nitrogen and oxygen atoms in total. The van der Waals surface area contributed by atoms with Crippen molar-refractivity contribution in [1.82, 2.24) is 5.32 Å². The van der Waals surface area contributed by atoms with Gasteiger partial charge in [-0.25, -0.2) is 4.90 Å². The topological polar surface area (TPSA) is 165 Å². The van der Waals surface area contributed by atoms with Gasteiger partial charge in [0, 0.05) is 28.6 Å². The maximum Gasteiger partial charge on any atom is 0.250 e. The molecule has 2 aromatic carbocycles. The van der Waals surface area contributed by atoms with Gasteiger partial charge in [0.2, 0.25) is 29.5 Å². The Labute approximate surface area is 205 Å². The van der Waals surface area contributed by atoms with Crippen molar-refractivity contribution >= 4 is 52.5 Å². The molecular formula is C24H22ClN5O5. The molecule has 35 heavy (non-hydrogen) atoms. The van der Waals surface area contributed by atoms with Gasteiger partial charge in [-0.15, -0.1) is 0 Å². The van der Waals surface area contributed by atoms with E-state index in [1.54, 1.807) is 19.1 Å². The maximum absolute atomic E-state index is 13.8. The highest BCUT2D eigenvalue weighted by Crippen LogP contribution is 2.55. The van der Waals surface area contributed by atoms with Gasteiger partial charge in [0.15, 0.2) is 0 Å². The third kappa shape index (κ3) is 3.17. The van der Waals surface area contributed by atoms with Crippen molar-refractivity contribution in [3.05, 3.63) is 58.1 Å². The Morgan fingerprint density at radius 3 is 2.37 bits per heavy atom. The van der Waals surface area contributed by atoms with Crippen molar-refractivity contribution in [3.8, 4) is 0 Å². The Morgan fingerprint density at radius 2 is 1.74 bits per heavy atom. The molecule has 5 amide bonds. The second kappa shape index (κ2) is 7.89. The highest BCUT2D eigenvalue weighted by atomic mass is 35.5. The van der Waals surface area contributed by atoms with Crippen LogP contribution in [0.1, 0.15) is 34.3 Å². The Morgan fingerprint density at radius 1 is 1.06 bits per heavy atom. The molecule has 3 aliphatic heterocycles. The number of carbonyl (C=O) groups excluding carboxylic acids is 5. The van der Waals surface area contributed by atoms with Crippen LogP contribution < -0.4 is 27.0 Å². The molecule has 2 saturated heterocycles. The Kier molecular flexibility index (Phi) is 5.19. The number of nitrogens with one attached hydrogen (secondary N) is 2. The molecule has 0 saturated carbocycles. The summed E-state index contributed by atoms with van der Waals surface area (Å²) in [5, 5.41) is 6.53. The highest BCUT2D eigenvalue weighted by Gasteiger charge is 2.70. The first-order valence-corrected chi connectivity index (χ1v) is 11.4. The van der Waals surface area contributed by atoms with Gasteiger partial charge in [-0.2, -0.15) is 0 Å². The molecule has 180 valence electrons. The van der Waals surface area contributed by atoms with Gasteiger partial charge in [-0.3, -0.25) is 29.3 Å². The molecule has 1 spiro atoms. The zero-order valence-electron chi connectivity index (χ0n) is 18.6. The van der Waals surface area contributed by atoms with E-state index in [0.717, 1.165) is 4.90 Å². The van der Waals surface area contributed by atoms with Gasteiger partial charge in [-0.05, 0) is 49.2 Å². The maximum atomic E-state index is 13.8. The van der Waals surface area contributed by atoms with Gasteiger partial charge >= 0.3 is 0 Å². The first kappa shape index (κ1) is 23.0. The van der Waals surface area contributed by atoms with E-state index < -0.39 is 53.0 Å². The summed E-state index contributed by atoms with van der Waals surface area (Å²) < 4.78 is 0. The predicted molar refractivity (Wildman–Crippen MR) is 126 cm³/mol. The summed E-state index contributed by atoms with van der Waals surface area (Å²) in [6, 6.07) is 8.43. The largest absolute Gasteiger partial charge is 0.370 e. The molecule has 4 unspecified atom stereocenters. The molecule has 2 aromatic rings. The number of fused-ring (bicyclic) bond motifs is 4. The number of hydrogen-bond donors (Lipinski definition) is 4. The smallest absolute Gasteiger partial charge is 0.250 e. The second-order valence-electron chi connectivity index (χ2n) is 9.04. The Hall–Kier alpha value is -3.76. The highest BCUT2D eigenvalue weighted by molar-refractivity contribution is 6.32. The van der Waals surface area contributed by atoms with Crippen LogP contribution in [0.15, 0.2) is 36.4 Å². The van der Waals surface area contributed by atoms with Crippen molar-refractivity contribution in [2.75, 3.05) is 10.2 Å². The van der Waals surface area contributed by atoms with Crippen molar-refractivity contribution in [2.45, 2.75) is 31.3 Å². The normalized spacial score (nSPS) is 26.7. The van der Waals surface area contributed by atoms with E-state index in [1.165, 1.54) is 24.3 Å². The Balaban J connectivity index is 1.63. The van der Waals surface area contributed by atoms with Crippen LogP contribution in [0.2, 0.25) is 5.02 Å². The van der Waals surface area contributed by atoms with Crippen LogP contribution in [0.5, 0.6) is 0 Å². The van der Waals surface area contributed by atoms with Gasteiger partial charge in [-0.1, -0.05) is 17.7 Å². The summed E-state index contributed by atoms with van der Waals surface area (Å²) in [4.78, 5) is 65.0. The second-order valence-corrected chi connectivity index (χ2v) is 9.45. The third-order valence-electron chi connectivity index (χ3n) is 7.20. The SMILES string of the molecule is Cc1c(Cl)ccc2c1NC(=O)C21NC(CCC(N)=O)C2C(=O)N(c3ccc(C(N)=O)cc3)C(=O)C21. The summed E-state index contributed by atoms with van der Waals surface area (Å²) >= 11 is 6.26. The van der Waals surface area contributed by atoms with Crippen LogP contribution in [-0.4, -0.2) is 35.6 Å². The minimum absolute atomic E-state index is 0.0279. The number of imide groups is 1. The fourth-order valence-electron chi connectivity index (χ4n) is 5.57. The molecule has 4 atom stereocenters. The number of nitrogens with zero attached hydrogens (tertiary/aromatic N) is 1. The molecule has 2 fully saturated rings. The number of hydrogen-bond acceptors (Lipinski definition) is 6. The number of primary amides is 2. The molecule has 6 N–H and O–H groups in total. The molecule has 11 heteroatoms. The summed E-state index contributed by atoms with van der Waals surface area (Å²) in [7, 11) is 0. The number of halogens is 1. The molecule has 3 heterocycles. The molecule has 5 rings (SSSR count). The first-order valence-electron chi connectivity index (χ1n) is 11.0. The molecule has 0 aromatic heterocycles. The average molecular weight is 496 g/mol. The molecule has 3 aliphatic rings. The van der Waals surface area contributed by atoms with Crippen LogP contribution in [0, 0.1) is 18.8 Å². The number of amides is 5. The lowest BCUT2D eigenvalue weighted by Gasteiger charge is -2.29. The summed E-state index contributed by atoms with van der Waals surface area (Å²) in [6.07, 6.45) is 0.140. The van der Waals surface area contributed by atoms with E-state index in [9.17, 15) is 24.0 Å². The van der Waals surface area contributed by atoms with Crippen molar-refractivity contribution < 1.29 is 24.0 Å². The van der Waals surface area contributed by atoms with E-state index in [1.807, 2.05) is 0 Å². The summed E-state index contributed by atoms with van der Waals surface area (Å²) in [5.41, 5.74) is 11.3. The lowest BCUT2D eigenvalue weighted by atomic mass is 9.76. The standard InChI is InChI=1S/C24H22ClN5O5/c1-10-14(25)7-6-13-19(10)28-23(35)24(13)18-17(15(29-24)8-9-16(26)31)21(33)30(22(18)34)12-4-2-11(3-5-12)20(27)32/h2-7,15,17-18,29H,8-9H2,1H3,(H2,26,31)(H2,27,32)(H,28,35). The lowest BCUT2D eigenvalue weighted by Crippen LogP contribution is -2.53. The lowest BCUT2D eigenvalue weighted by molar-refractivity contribution is -0.130. The van der Waals surface area contributed by atoms with Gasteiger partial charge in [0.25, 0.3) is 0 Å². The average Bonchev–Trinajstić information content (AvgIpc) is 3.40. The number of anilines is 2. The Bertz CT molecular complexity index is 1330. The molecule has 0 aliphatic carbocycles. The van der Waals surface area contributed by atoms with Gasteiger partial charge in [0.1, 0.15) is 5.54 Å².